The number of ether oxygens (including phenoxy) is 1. The monoisotopic (exact) mass is 451 g/mol. The van der Waals surface area contributed by atoms with Gasteiger partial charge < -0.3 is 21.1 Å². The fraction of sp³-hybridized carbons (Fsp3) is 0.208. The summed E-state index contributed by atoms with van der Waals surface area (Å²) in [5.74, 6) is -0.539. The van der Waals surface area contributed by atoms with Crippen molar-refractivity contribution in [2.45, 2.75) is 26.3 Å². The molecule has 0 saturated carbocycles. The zero-order valence-corrected chi connectivity index (χ0v) is 18.9. The molecule has 0 radical (unpaired) electrons. The van der Waals surface area contributed by atoms with Gasteiger partial charge in [-0.3, -0.25) is 14.4 Å². The minimum absolute atomic E-state index is 0.0122. The summed E-state index contributed by atoms with van der Waals surface area (Å²) in [6, 6.07) is 16.0. The summed E-state index contributed by atoms with van der Waals surface area (Å²) in [5, 5.41) is 6.02. The fourth-order valence-corrected chi connectivity index (χ4v) is 4.61. The standard InChI is InChI=1S/C24H25N3O4S/c1-14-21(17-7-5-4-6-8-17)22(23(25)30)24(32-14)27-20(29)13-19(26-15(2)28)16-9-11-18(31-3)12-10-16/h4-12,19H,13H2,1-3H3,(H2,25,30)(H,26,28)(H,27,29). The highest BCUT2D eigenvalue weighted by molar-refractivity contribution is 7.17. The minimum Gasteiger partial charge on any atom is -0.497 e. The molecule has 4 N–H and O–H groups in total. The SMILES string of the molecule is COc1ccc(C(CC(=O)Nc2sc(C)c(-c3ccccc3)c2C(N)=O)NC(C)=O)cc1. The Kier molecular flexibility index (Phi) is 7.27. The first kappa shape index (κ1) is 23.0. The van der Waals surface area contributed by atoms with Crippen LogP contribution in [-0.4, -0.2) is 24.8 Å². The fourth-order valence-electron chi connectivity index (χ4n) is 3.52. The third-order valence-corrected chi connectivity index (χ3v) is 5.95. The summed E-state index contributed by atoms with van der Waals surface area (Å²) >= 11 is 1.30. The number of methoxy groups -OCH3 is 1. The number of nitrogens with two attached hydrogens (primary N) is 1. The zero-order valence-electron chi connectivity index (χ0n) is 18.1. The van der Waals surface area contributed by atoms with Gasteiger partial charge in [0, 0.05) is 17.4 Å². The van der Waals surface area contributed by atoms with E-state index in [1.54, 1.807) is 31.4 Å². The number of thiophene rings is 1. The van der Waals surface area contributed by atoms with Crippen molar-refractivity contribution in [1.82, 2.24) is 5.32 Å². The average Bonchev–Trinajstić information content (AvgIpc) is 3.09. The van der Waals surface area contributed by atoms with Crippen molar-refractivity contribution in [2.24, 2.45) is 5.73 Å². The molecule has 3 aromatic rings. The third-order valence-electron chi connectivity index (χ3n) is 4.93. The van der Waals surface area contributed by atoms with E-state index in [4.69, 9.17) is 10.5 Å². The van der Waals surface area contributed by atoms with Gasteiger partial charge in [0.2, 0.25) is 11.8 Å². The van der Waals surface area contributed by atoms with Crippen molar-refractivity contribution in [3.05, 3.63) is 70.6 Å². The van der Waals surface area contributed by atoms with Gasteiger partial charge in [0.1, 0.15) is 10.8 Å². The van der Waals surface area contributed by atoms with Gasteiger partial charge in [-0.1, -0.05) is 42.5 Å². The number of hydrogen-bond acceptors (Lipinski definition) is 5. The predicted molar refractivity (Wildman–Crippen MR) is 126 cm³/mol. The molecule has 1 atom stereocenters. The maximum Gasteiger partial charge on any atom is 0.252 e. The largest absolute Gasteiger partial charge is 0.497 e. The molecule has 3 rings (SSSR count). The van der Waals surface area contributed by atoms with Crippen molar-refractivity contribution in [3.8, 4) is 16.9 Å². The highest BCUT2D eigenvalue weighted by Crippen LogP contribution is 2.39. The van der Waals surface area contributed by atoms with Crippen LogP contribution in [-0.2, 0) is 9.59 Å². The lowest BCUT2D eigenvalue weighted by atomic mass is 10.0. The smallest absolute Gasteiger partial charge is 0.252 e. The minimum atomic E-state index is -0.614. The van der Waals surface area contributed by atoms with Gasteiger partial charge in [-0.2, -0.15) is 0 Å². The van der Waals surface area contributed by atoms with Gasteiger partial charge in [-0.05, 0) is 30.2 Å². The summed E-state index contributed by atoms with van der Waals surface area (Å²) in [4.78, 5) is 37.8. The Balaban J connectivity index is 1.86. The van der Waals surface area contributed by atoms with E-state index < -0.39 is 11.9 Å². The second-order valence-electron chi connectivity index (χ2n) is 7.25. The number of anilines is 1. The highest BCUT2D eigenvalue weighted by Gasteiger charge is 2.24. The van der Waals surface area contributed by atoms with Crippen molar-refractivity contribution in [1.29, 1.82) is 0 Å². The van der Waals surface area contributed by atoms with Crippen LogP contribution < -0.4 is 21.1 Å². The van der Waals surface area contributed by atoms with E-state index in [1.165, 1.54) is 18.3 Å². The summed E-state index contributed by atoms with van der Waals surface area (Å²) in [7, 11) is 1.57. The summed E-state index contributed by atoms with van der Waals surface area (Å²) < 4.78 is 5.17. The van der Waals surface area contributed by atoms with Gasteiger partial charge in [-0.25, -0.2) is 0 Å². The molecule has 8 heteroatoms. The molecule has 0 fully saturated rings. The number of primary amides is 1. The van der Waals surface area contributed by atoms with Crippen LogP contribution >= 0.6 is 11.3 Å². The Hall–Kier alpha value is -3.65. The number of carbonyl (C=O) groups is 3. The van der Waals surface area contributed by atoms with E-state index in [9.17, 15) is 14.4 Å². The molecule has 1 heterocycles. The molecule has 1 unspecified atom stereocenters. The number of nitrogens with one attached hydrogen (secondary N) is 2. The van der Waals surface area contributed by atoms with Crippen LogP contribution in [0, 0.1) is 6.92 Å². The van der Waals surface area contributed by atoms with Crippen molar-refractivity contribution in [2.75, 3.05) is 12.4 Å². The van der Waals surface area contributed by atoms with E-state index in [0.717, 1.165) is 16.0 Å². The lowest BCUT2D eigenvalue weighted by Gasteiger charge is -2.18. The van der Waals surface area contributed by atoms with Crippen LogP contribution in [0.4, 0.5) is 5.00 Å². The van der Waals surface area contributed by atoms with Gasteiger partial charge in [0.05, 0.1) is 25.1 Å². The molecule has 2 aromatic carbocycles. The third kappa shape index (κ3) is 5.33. The van der Waals surface area contributed by atoms with Crippen LogP contribution in [0.15, 0.2) is 54.6 Å². The highest BCUT2D eigenvalue weighted by atomic mass is 32.1. The van der Waals surface area contributed by atoms with Crippen molar-refractivity contribution >= 4 is 34.1 Å². The van der Waals surface area contributed by atoms with Gasteiger partial charge >= 0.3 is 0 Å². The Morgan fingerprint density at radius 1 is 1.06 bits per heavy atom. The molecule has 0 aliphatic rings. The van der Waals surface area contributed by atoms with Crippen LogP contribution in [0.25, 0.3) is 11.1 Å². The first-order valence-corrected chi connectivity index (χ1v) is 10.8. The van der Waals surface area contributed by atoms with E-state index in [1.807, 2.05) is 37.3 Å². The molecule has 0 aliphatic heterocycles. The number of aryl methyl sites for hydroxylation is 1. The Morgan fingerprint density at radius 3 is 2.28 bits per heavy atom. The maximum absolute atomic E-state index is 12.9. The molecule has 1 aromatic heterocycles. The second-order valence-corrected chi connectivity index (χ2v) is 8.47. The van der Waals surface area contributed by atoms with E-state index in [-0.39, 0.29) is 23.8 Å². The van der Waals surface area contributed by atoms with Crippen molar-refractivity contribution in [3.63, 3.8) is 0 Å². The molecule has 0 saturated heterocycles. The Bertz CT molecular complexity index is 1120. The number of hydrogen-bond donors (Lipinski definition) is 3. The summed E-state index contributed by atoms with van der Waals surface area (Å²) in [6.45, 7) is 3.28. The van der Waals surface area contributed by atoms with Crippen molar-refractivity contribution < 1.29 is 19.1 Å². The molecular weight excluding hydrogens is 426 g/mol. The average molecular weight is 452 g/mol. The van der Waals surface area contributed by atoms with E-state index in [0.29, 0.717) is 16.3 Å². The predicted octanol–water partition coefficient (Wildman–Crippen LogP) is 4.04. The molecule has 0 aliphatic carbocycles. The lowest BCUT2D eigenvalue weighted by molar-refractivity contribution is -0.120. The summed E-state index contributed by atoms with van der Waals surface area (Å²) in [6.07, 6.45) is -0.0122. The van der Waals surface area contributed by atoms with E-state index in [2.05, 4.69) is 10.6 Å². The second kappa shape index (κ2) is 10.1. The molecule has 7 nitrogen and oxygen atoms in total. The van der Waals surface area contributed by atoms with Crippen LogP contribution in [0.1, 0.15) is 40.2 Å². The molecular formula is C24H25N3O4S. The number of amides is 3. The molecule has 166 valence electrons. The topological polar surface area (TPSA) is 111 Å². The Labute approximate surface area is 190 Å². The first-order valence-electron chi connectivity index (χ1n) is 9.99. The van der Waals surface area contributed by atoms with Crippen LogP contribution in [0.3, 0.4) is 0 Å². The van der Waals surface area contributed by atoms with Gasteiger partial charge in [0.15, 0.2) is 0 Å². The normalized spacial score (nSPS) is 11.5. The lowest BCUT2D eigenvalue weighted by Crippen LogP contribution is -2.30. The molecule has 32 heavy (non-hydrogen) atoms. The van der Waals surface area contributed by atoms with Crippen LogP contribution in [0.2, 0.25) is 0 Å². The quantitative estimate of drug-likeness (QED) is 0.480. The first-order chi connectivity index (χ1) is 15.3. The van der Waals surface area contributed by atoms with Gasteiger partial charge in [0.25, 0.3) is 5.91 Å². The zero-order chi connectivity index (χ0) is 23.3. The maximum atomic E-state index is 12.9. The van der Waals surface area contributed by atoms with Crippen LogP contribution in [0.5, 0.6) is 5.75 Å². The summed E-state index contributed by atoms with van der Waals surface area (Å²) in [5.41, 5.74) is 8.29. The molecule has 3 amide bonds. The Morgan fingerprint density at radius 2 is 1.72 bits per heavy atom. The number of benzene rings is 2. The molecule has 0 spiro atoms. The molecule has 0 bridgehead atoms. The van der Waals surface area contributed by atoms with E-state index >= 15 is 0 Å². The number of carbonyl (C=O) groups excluding carboxylic acids is 3. The number of rotatable bonds is 8. The van der Waals surface area contributed by atoms with Gasteiger partial charge in [-0.15, -0.1) is 11.3 Å².